The van der Waals surface area contributed by atoms with E-state index in [0.29, 0.717) is 24.5 Å². The van der Waals surface area contributed by atoms with E-state index < -0.39 is 5.63 Å². The van der Waals surface area contributed by atoms with Crippen LogP contribution in [0.1, 0.15) is 70.2 Å². The Kier molecular flexibility index (Phi) is 7.13. The zero-order chi connectivity index (χ0) is 22.7. The second kappa shape index (κ2) is 10.0. The number of aliphatic hydroxyl groups excluding tert-OH is 2. The summed E-state index contributed by atoms with van der Waals surface area (Å²) in [5, 5.41) is 30.0. The molecule has 3 N–H and O–H groups in total. The zero-order valence-corrected chi connectivity index (χ0v) is 19.1. The highest BCUT2D eigenvalue weighted by Crippen LogP contribution is 2.44. The van der Waals surface area contributed by atoms with E-state index in [0.717, 1.165) is 40.1 Å². The predicted octanol–water partition coefficient (Wildman–Crippen LogP) is 4.71. The van der Waals surface area contributed by atoms with Gasteiger partial charge in [0.15, 0.2) is 0 Å². The van der Waals surface area contributed by atoms with Crippen molar-refractivity contribution in [1.82, 2.24) is 0 Å². The van der Waals surface area contributed by atoms with Gasteiger partial charge >= 0.3 is 5.63 Å². The van der Waals surface area contributed by atoms with Gasteiger partial charge in [-0.3, -0.25) is 0 Å². The number of hydrogen-bond donors (Lipinski definition) is 3. The molecule has 2 aromatic heterocycles. The molecule has 2 atom stereocenters. The van der Waals surface area contributed by atoms with E-state index in [2.05, 4.69) is 0 Å². The van der Waals surface area contributed by atoms with Crippen molar-refractivity contribution in [2.24, 2.45) is 5.92 Å². The number of thiophene rings is 1. The SMILES string of the molecule is CC[C@H](Cc1ccccc1CO)c1cc(O)c(Cc2ccc([C@H](CO)C3CC3)s2)c(=O)o1. The van der Waals surface area contributed by atoms with E-state index in [4.69, 9.17) is 4.42 Å². The van der Waals surface area contributed by atoms with Gasteiger partial charge in [0, 0.05) is 34.1 Å². The van der Waals surface area contributed by atoms with Crippen molar-refractivity contribution in [2.75, 3.05) is 6.61 Å². The molecule has 2 heterocycles. The van der Waals surface area contributed by atoms with Crippen molar-refractivity contribution in [3.8, 4) is 5.75 Å². The van der Waals surface area contributed by atoms with Gasteiger partial charge in [-0.05, 0) is 54.9 Å². The van der Waals surface area contributed by atoms with Crippen molar-refractivity contribution in [3.05, 3.63) is 85.1 Å². The summed E-state index contributed by atoms with van der Waals surface area (Å²) in [4.78, 5) is 14.9. The Morgan fingerprint density at radius 3 is 2.50 bits per heavy atom. The molecule has 5 nitrogen and oxygen atoms in total. The molecule has 0 radical (unpaired) electrons. The minimum absolute atomic E-state index is 0.0402. The Bertz CT molecular complexity index is 1110. The van der Waals surface area contributed by atoms with E-state index in [9.17, 15) is 20.1 Å². The van der Waals surface area contributed by atoms with Gasteiger partial charge in [-0.1, -0.05) is 31.2 Å². The first-order valence-corrected chi connectivity index (χ1v) is 12.1. The molecule has 0 saturated heterocycles. The number of aromatic hydroxyl groups is 1. The van der Waals surface area contributed by atoms with Crippen LogP contribution in [0.3, 0.4) is 0 Å². The van der Waals surface area contributed by atoms with Crippen LogP contribution in [-0.4, -0.2) is 21.9 Å². The highest BCUT2D eigenvalue weighted by atomic mass is 32.1. The molecule has 4 rings (SSSR count). The topological polar surface area (TPSA) is 90.9 Å². The standard InChI is InChI=1S/C26H30O5S/c1-2-16(11-18-5-3-4-6-19(18)14-27)24-13-23(29)21(26(30)31-24)12-20-9-10-25(32-20)22(15-28)17-7-8-17/h3-6,9-10,13,16-17,22,27-29H,2,7-8,11-12,14-15H2,1H3/t16-,22-/m1/s1. The fourth-order valence-electron chi connectivity index (χ4n) is 4.34. The lowest BCUT2D eigenvalue weighted by atomic mass is 9.91. The minimum atomic E-state index is -0.509. The smallest absolute Gasteiger partial charge is 0.343 e. The average Bonchev–Trinajstić information content (AvgIpc) is 3.53. The van der Waals surface area contributed by atoms with Crippen molar-refractivity contribution in [3.63, 3.8) is 0 Å². The largest absolute Gasteiger partial charge is 0.507 e. The number of rotatable bonds is 10. The third-order valence-corrected chi connectivity index (χ3v) is 7.70. The molecular weight excluding hydrogens is 424 g/mol. The first-order chi connectivity index (χ1) is 15.5. The van der Waals surface area contributed by atoms with Crippen LogP contribution in [-0.2, 0) is 19.4 Å². The lowest BCUT2D eigenvalue weighted by Gasteiger charge is -2.16. The normalized spacial score (nSPS) is 15.6. The molecule has 3 aromatic rings. The summed E-state index contributed by atoms with van der Waals surface area (Å²) in [7, 11) is 0. The van der Waals surface area contributed by atoms with Gasteiger partial charge in [-0.15, -0.1) is 11.3 Å². The van der Waals surface area contributed by atoms with E-state index >= 15 is 0 Å². The van der Waals surface area contributed by atoms with E-state index in [1.54, 1.807) is 17.4 Å². The third kappa shape index (κ3) is 4.98. The molecule has 0 amide bonds. The summed E-state index contributed by atoms with van der Waals surface area (Å²) in [6, 6.07) is 13.2. The third-order valence-electron chi connectivity index (χ3n) is 6.48. The second-order valence-electron chi connectivity index (χ2n) is 8.64. The Balaban J connectivity index is 1.54. The summed E-state index contributed by atoms with van der Waals surface area (Å²) in [5.41, 5.74) is 1.62. The number of hydrogen-bond acceptors (Lipinski definition) is 6. The molecule has 32 heavy (non-hydrogen) atoms. The van der Waals surface area contributed by atoms with Gasteiger partial charge in [0.1, 0.15) is 11.5 Å². The number of aliphatic hydroxyl groups is 2. The van der Waals surface area contributed by atoms with E-state index in [1.807, 2.05) is 43.3 Å². The molecule has 1 aliphatic rings. The second-order valence-corrected chi connectivity index (χ2v) is 9.84. The Hall–Kier alpha value is -2.41. The Morgan fingerprint density at radius 1 is 1.12 bits per heavy atom. The molecule has 1 aromatic carbocycles. The molecular formula is C26H30O5S. The zero-order valence-electron chi connectivity index (χ0n) is 18.3. The predicted molar refractivity (Wildman–Crippen MR) is 125 cm³/mol. The lowest BCUT2D eigenvalue weighted by molar-refractivity contribution is 0.255. The highest BCUT2D eigenvalue weighted by molar-refractivity contribution is 7.12. The quantitative estimate of drug-likeness (QED) is 0.413. The molecule has 0 aliphatic heterocycles. The van der Waals surface area contributed by atoms with Crippen LogP contribution < -0.4 is 5.63 Å². The monoisotopic (exact) mass is 454 g/mol. The molecule has 1 aliphatic carbocycles. The summed E-state index contributed by atoms with van der Waals surface area (Å²) >= 11 is 1.59. The number of benzene rings is 1. The molecule has 0 unspecified atom stereocenters. The van der Waals surface area contributed by atoms with Crippen LogP contribution >= 0.6 is 11.3 Å². The van der Waals surface area contributed by atoms with E-state index in [1.165, 1.54) is 0 Å². The van der Waals surface area contributed by atoms with Gasteiger partial charge in [0.05, 0.1) is 18.8 Å². The molecule has 1 saturated carbocycles. The van der Waals surface area contributed by atoms with Gasteiger partial charge in [-0.2, -0.15) is 0 Å². The first kappa shape index (κ1) is 22.8. The van der Waals surface area contributed by atoms with Crippen LogP contribution in [0.2, 0.25) is 0 Å². The average molecular weight is 455 g/mol. The maximum Gasteiger partial charge on any atom is 0.343 e. The Labute approximate surface area is 192 Å². The molecule has 1 fully saturated rings. The summed E-state index contributed by atoms with van der Waals surface area (Å²) in [6.45, 7) is 2.12. The van der Waals surface area contributed by atoms with Gasteiger partial charge in [-0.25, -0.2) is 4.79 Å². The summed E-state index contributed by atoms with van der Waals surface area (Å²) < 4.78 is 5.67. The fraction of sp³-hybridized carbons (Fsp3) is 0.423. The van der Waals surface area contributed by atoms with Crippen LogP contribution in [0.5, 0.6) is 5.75 Å². The molecule has 170 valence electrons. The fourth-order valence-corrected chi connectivity index (χ4v) is 5.55. The molecule has 0 bridgehead atoms. The summed E-state index contributed by atoms with van der Waals surface area (Å²) in [5.74, 6) is 1.08. The van der Waals surface area contributed by atoms with Gasteiger partial charge < -0.3 is 19.7 Å². The maximum absolute atomic E-state index is 12.8. The lowest BCUT2D eigenvalue weighted by Crippen LogP contribution is -2.13. The van der Waals surface area contributed by atoms with Crippen molar-refractivity contribution in [2.45, 2.75) is 57.5 Å². The van der Waals surface area contributed by atoms with Gasteiger partial charge in [0.2, 0.25) is 0 Å². The van der Waals surface area contributed by atoms with Gasteiger partial charge in [0.25, 0.3) is 0 Å². The minimum Gasteiger partial charge on any atom is -0.507 e. The van der Waals surface area contributed by atoms with Crippen molar-refractivity contribution < 1.29 is 19.7 Å². The van der Waals surface area contributed by atoms with E-state index in [-0.39, 0.29) is 36.4 Å². The first-order valence-electron chi connectivity index (χ1n) is 11.3. The maximum atomic E-state index is 12.8. The Morgan fingerprint density at radius 2 is 1.88 bits per heavy atom. The molecule has 6 heteroatoms. The van der Waals surface area contributed by atoms with Crippen LogP contribution in [0.15, 0.2) is 51.7 Å². The van der Waals surface area contributed by atoms with Crippen LogP contribution in [0.25, 0.3) is 0 Å². The summed E-state index contributed by atoms with van der Waals surface area (Å²) in [6.07, 6.45) is 3.98. The van der Waals surface area contributed by atoms with Crippen LogP contribution in [0.4, 0.5) is 0 Å². The highest BCUT2D eigenvalue weighted by Gasteiger charge is 2.32. The van der Waals surface area contributed by atoms with Crippen molar-refractivity contribution in [1.29, 1.82) is 0 Å². The van der Waals surface area contributed by atoms with Crippen LogP contribution in [0, 0.1) is 5.92 Å². The van der Waals surface area contributed by atoms with Crippen molar-refractivity contribution >= 4 is 11.3 Å². The molecule has 0 spiro atoms.